The van der Waals surface area contributed by atoms with E-state index in [1.165, 1.54) is 16.6 Å². The van der Waals surface area contributed by atoms with Gasteiger partial charge in [-0.2, -0.15) is 4.31 Å². The van der Waals surface area contributed by atoms with Crippen LogP contribution in [0.4, 0.5) is 4.39 Å². The number of sulfonamides is 1. The second-order valence-electron chi connectivity index (χ2n) is 6.84. The number of rotatable bonds is 7. The Morgan fingerprint density at radius 1 is 1.28 bits per heavy atom. The lowest BCUT2D eigenvalue weighted by atomic mass is 10.1. The van der Waals surface area contributed by atoms with Gasteiger partial charge in [-0.1, -0.05) is 17.3 Å². The Morgan fingerprint density at radius 2 is 2.07 bits per heavy atom. The fraction of sp³-hybridized carbons (Fsp3) is 0.474. The quantitative estimate of drug-likeness (QED) is 0.412. The Bertz CT molecular complexity index is 910. The molecule has 0 bridgehead atoms. The van der Waals surface area contributed by atoms with Crippen LogP contribution in [0.1, 0.15) is 17.7 Å². The first kappa shape index (κ1) is 21.3. The lowest BCUT2D eigenvalue weighted by Crippen LogP contribution is -2.54. The largest absolute Gasteiger partial charge is 0.364 e. The third kappa shape index (κ3) is 6.01. The molecule has 1 N–H and O–H groups in total. The zero-order chi connectivity index (χ0) is 20.7. The van der Waals surface area contributed by atoms with E-state index in [9.17, 15) is 12.8 Å². The standard InChI is InChI=1S/C19H26FN5O3S/c1-21-19(22-8-3-5-16-4-2-6-17(20)14-16)24-9-11-25(12-10-24)29(26,27)15-18-7-13-28-23-18/h2,4,6-7,13-14H,3,5,8-12,15H2,1H3,(H,21,22). The maximum Gasteiger partial charge on any atom is 0.220 e. The van der Waals surface area contributed by atoms with Gasteiger partial charge in [0.05, 0.1) is 5.69 Å². The van der Waals surface area contributed by atoms with Crippen molar-refractivity contribution in [3.8, 4) is 0 Å². The normalized spacial score (nSPS) is 16.2. The number of guanidine groups is 1. The number of piperazine rings is 1. The van der Waals surface area contributed by atoms with Crippen LogP contribution in [-0.2, 0) is 22.2 Å². The molecule has 0 radical (unpaired) electrons. The predicted molar refractivity (Wildman–Crippen MR) is 108 cm³/mol. The van der Waals surface area contributed by atoms with E-state index in [2.05, 4.69) is 15.5 Å². The van der Waals surface area contributed by atoms with Crippen LogP contribution in [0.2, 0.25) is 0 Å². The summed E-state index contributed by atoms with van der Waals surface area (Å²) in [5.41, 5.74) is 1.37. The molecule has 0 saturated carbocycles. The molecule has 1 aliphatic heterocycles. The zero-order valence-corrected chi connectivity index (χ0v) is 17.2. The Labute approximate surface area is 170 Å². The number of aromatic nitrogens is 1. The summed E-state index contributed by atoms with van der Waals surface area (Å²) in [4.78, 5) is 6.35. The molecule has 1 saturated heterocycles. The number of aryl methyl sites for hydroxylation is 1. The lowest BCUT2D eigenvalue weighted by molar-refractivity contribution is 0.260. The molecule has 1 aromatic heterocycles. The van der Waals surface area contributed by atoms with Crippen molar-refractivity contribution in [1.29, 1.82) is 0 Å². The van der Waals surface area contributed by atoms with E-state index in [0.717, 1.165) is 24.4 Å². The topological polar surface area (TPSA) is 91.0 Å². The highest BCUT2D eigenvalue weighted by Gasteiger charge is 2.28. The maximum absolute atomic E-state index is 13.2. The average Bonchev–Trinajstić information content (AvgIpc) is 3.21. The van der Waals surface area contributed by atoms with Gasteiger partial charge in [-0.15, -0.1) is 0 Å². The van der Waals surface area contributed by atoms with Gasteiger partial charge in [0.15, 0.2) is 5.96 Å². The molecule has 1 aromatic carbocycles. The Hall–Kier alpha value is -2.46. The molecule has 0 spiro atoms. The van der Waals surface area contributed by atoms with Crippen molar-refractivity contribution in [2.24, 2.45) is 4.99 Å². The third-order valence-corrected chi connectivity index (χ3v) is 6.59. The van der Waals surface area contributed by atoms with Gasteiger partial charge < -0.3 is 14.7 Å². The number of halogens is 1. The average molecular weight is 424 g/mol. The highest BCUT2D eigenvalue weighted by Crippen LogP contribution is 2.13. The molecule has 158 valence electrons. The van der Waals surface area contributed by atoms with Crippen molar-refractivity contribution in [3.63, 3.8) is 0 Å². The van der Waals surface area contributed by atoms with Gasteiger partial charge >= 0.3 is 0 Å². The molecular weight excluding hydrogens is 397 g/mol. The van der Waals surface area contributed by atoms with Crippen LogP contribution in [0, 0.1) is 5.82 Å². The first-order valence-corrected chi connectivity index (χ1v) is 11.2. The summed E-state index contributed by atoms with van der Waals surface area (Å²) >= 11 is 0. The molecule has 29 heavy (non-hydrogen) atoms. The Morgan fingerprint density at radius 3 is 2.72 bits per heavy atom. The molecule has 1 fully saturated rings. The van der Waals surface area contributed by atoms with E-state index >= 15 is 0 Å². The van der Waals surface area contributed by atoms with E-state index in [-0.39, 0.29) is 11.6 Å². The first-order valence-electron chi connectivity index (χ1n) is 9.55. The highest BCUT2D eigenvalue weighted by atomic mass is 32.2. The fourth-order valence-electron chi connectivity index (χ4n) is 3.29. The number of hydrogen-bond acceptors (Lipinski definition) is 5. The highest BCUT2D eigenvalue weighted by molar-refractivity contribution is 7.88. The molecule has 0 amide bonds. The van der Waals surface area contributed by atoms with Gasteiger partial charge in [0, 0.05) is 45.8 Å². The third-order valence-electron chi connectivity index (χ3n) is 4.78. The van der Waals surface area contributed by atoms with Gasteiger partial charge in [0.2, 0.25) is 10.0 Å². The first-order chi connectivity index (χ1) is 14.0. The van der Waals surface area contributed by atoms with Crippen LogP contribution in [0.15, 0.2) is 46.1 Å². The number of benzene rings is 1. The summed E-state index contributed by atoms with van der Waals surface area (Å²) in [6.45, 7) is 2.60. The van der Waals surface area contributed by atoms with Crippen molar-refractivity contribution >= 4 is 16.0 Å². The van der Waals surface area contributed by atoms with Crippen LogP contribution in [0.25, 0.3) is 0 Å². The van der Waals surface area contributed by atoms with Gasteiger partial charge in [0.25, 0.3) is 0 Å². The minimum atomic E-state index is -3.42. The minimum Gasteiger partial charge on any atom is -0.364 e. The van der Waals surface area contributed by atoms with Gasteiger partial charge in [-0.05, 0) is 30.5 Å². The van der Waals surface area contributed by atoms with Crippen LogP contribution < -0.4 is 5.32 Å². The molecule has 3 rings (SSSR count). The second-order valence-corrected chi connectivity index (χ2v) is 8.81. The molecule has 0 aliphatic carbocycles. The monoisotopic (exact) mass is 423 g/mol. The molecule has 1 aliphatic rings. The zero-order valence-electron chi connectivity index (χ0n) is 16.4. The Balaban J connectivity index is 1.43. The van der Waals surface area contributed by atoms with Gasteiger partial charge in [0.1, 0.15) is 17.8 Å². The van der Waals surface area contributed by atoms with Gasteiger partial charge in [-0.25, -0.2) is 12.8 Å². The van der Waals surface area contributed by atoms with Crippen LogP contribution in [0.5, 0.6) is 0 Å². The van der Waals surface area contributed by atoms with Crippen molar-refractivity contribution in [1.82, 2.24) is 19.7 Å². The summed E-state index contributed by atoms with van der Waals surface area (Å²) in [6, 6.07) is 8.18. The SMILES string of the molecule is CN=C(NCCCc1cccc(F)c1)N1CCN(S(=O)(=O)Cc2ccon2)CC1. The summed E-state index contributed by atoms with van der Waals surface area (Å²) in [5.74, 6) is 0.372. The van der Waals surface area contributed by atoms with Crippen LogP contribution >= 0.6 is 0 Å². The van der Waals surface area contributed by atoms with E-state index in [0.29, 0.717) is 38.4 Å². The number of nitrogens with zero attached hydrogens (tertiary/aromatic N) is 4. The molecule has 2 heterocycles. The number of hydrogen-bond donors (Lipinski definition) is 1. The summed E-state index contributed by atoms with van der Waals surface area (Å²) in [5, 5.41) is 6.99. The minimum absolute atomic E-state index is 0.156. The summed E-state index contributed by atoms with van der Waals surface area (Å²) < 4.78 is 44.5. The molecule has 0 unspecified atom stereocenters. The van der Waals surface area contributed by atoms with E-state index < -0.39 is 10.0 Å². The van der Waals surface area contributed by atoms with Crippen molar-refractivity contribution < 1.29 is 17.3 Å². The molecule has 10 heteroatoms. The van der Waals surface area contributed by atoms with Crippen LogP contribution in [-0.4, -0.2) is 68.5 Å². The Kier molecular flexibility index (Phi) is 7.21. The number of aliphatic imine (C=N–C) groups is 1. The van der Waals surface area contributed by atoms with E-state index in [1.54, 1.807) is 25.2 Å². The van der Waals surface area contributed by atoms with E-state index in [4.69, 9.17) is 4.52 Å². The van der Waals surface area contributed by atoms with Gasteiger partial charge in [-0.3, -0.25) is 4.99 Å². The van der Waals surface area contributed by atoms with Crippen molar-refractivity contribution in [2.75, 3.05) is 39.8 Å². The molecular formula is C19H26FN5O3S. The van der Waals surface area contributed by atoms with Crippen molar-refractivity contribution in [3.05, 3.63) is 53.7 Å². The van der Waals surface area contributed by atoms with E-state index in [1.807, 2.05) is 11.0 Å². The molecule has 2 aromatic rings. The lowest BCUT2D eigenvalue weighted by Gasteiger charge is -2.35. The predicted octanol–water partition coefficient (Wildman–Crippen LogP) is 1.47. The number of nitrogens with one attached hydrogen (secondary N) is 1. The smallest absolute Gasteiger partial charge is 0.220 e. The van der Waals surface area contributed by atoms with Crippen molar-refractivity contribution in [2.45, 2.75) is 18.6 Å². The second kappa shape index (κ2) is 9.84. The van der Waals surface area contributed by atoms with Crippen LogP contribution in [0.3, 0.4) is 0 Å². The maximum atomic E-state index is 13.2. The summed E-state index contributed by atoms with van der Waals surface area (Å²) in [6.07, 6.45) is 2.98. The summed E-state index contributed by atoms with van der Waals surface area (Å²) in [7, 11) is -1.71. The molecule has 8 nitrogen and oxygen atoms in total. The molecule has 0 atom stereocenters. The fourth-order valence-corrected chi connectivity index (χ4v) is 4.71.